The van der Waals surface area contributed by atoms with Crippen molar-refractivity contribution in [2.45, 2.75) is 59.4 Å². The first-order valence-corrected chi connectivity index (χ1v) is 5.78. The quantitative estimate of drug-likeness (QED) is 0.664. The van der Waals surface area contributed by atoms with Crippen LogP contribution >= 0.6 is 0 Å². The van der Waals surface area contributed by atoms with Crippen molar-refractivity contribution < 1.29 is 0 Å². The molecule has 4 N–H and O–H groups in total. The minimum Gasteiger partial charge on any atom is -0.330 e. The highest BCUT2D eigenvalue weighted by Crippen LogP contribution is 2.21. The highest BCUT2D eigenvalue weighted by atomic mass is 14.7. The summed E-state index contributed by atoms with van der Waals surface area (Å²) >= 11 is 0. The highest BCUT2D eigenvalue weighted by molar-refractivity contribution is 4.74. The van der Waals surface area contributed by atoms with Gasteiger partial charge in [-0.05, 0) is 31.7 Å². The molecule has 2 heteroatoms. The molecule has 1 rings (SSSR count). The fourth-order valence-electron chi connectivity index (χ4n) is 1.55. The summed E-state index contributed by atoms with van der Waals surface area (Å²) in [6.45, 7) is 8.83. The maximum absolute atomic E-state index is 5.75. The van der Waals surface area contributed by atoms with Gasteiger partial charge in [-0.1, -0.05) is 34.1 Å². The van der Waals surface area contributed by atoms with Gasteiger partial charge >= 0.3 is 0 Å². The van der Waals surface area contributed by atoms with E-state index in [1.165, 1.54) is 19.3 Å². The molecule has 0 aliphatic heterocycles. The SMILES string of the molecule is CC.CC.NCC1CCCC(N)C1. The molecule has 82 valence electrons. The van der Waals surface area contributed by atoms with Crippen molar-refractivity contribution in [2.24, 2.45) is 17.4 Å². The summed E-state index contributed by atoms with van der Waals surface area (Å²) in [5.74, 6) is 0.716. The summed E-state index contributed by atoms with van der Waals surface area (Å²) in [5.41, 5.74) is 11.3. The van der Waals surface area contributed by atoms with Crippen molar-refractivity contribution in [1.29, 1.82) is 0 Å². The normalized spacial score (nSPS) is 26.3. The van der Waals surface area contributed by atoms with Crippen molar-refractivity contribution in [2.75, 3.05) is 6.54 Å². The minimum atomic E-state index is 0.437. The van der Waals surface area contributed by atoms with E-state index in [0.29, 0.717) is 12.0 Å². The molecule has 0 saturated heterocycles. The second kappa shape index (κ2) is 11.9. The fourth-order valence-corrected chi connectivity index (χ4v) is 1.55. The molecule has 1 fully saturated rings. The van der Waals surface area contributed by atoms with Gasteiger partial charge < -0.3 is 11.5 Å². The zero-order valence-corrected chi connectivity index (χ0v) is 9.84. The third-order valence-corrected chi connectivity index (χ3v) is 2.16. The summed E-state index contributed by atoms with van der Waals surface area (Å²) < 4.78 is 0. The second-order valence-corrected chi connectivity index (χ2v) is 3.03. The molecule has 1 aliphatic carbocycles. The zero-order valence-electron chi connectivity index (χ0n) is 9.84. The smallest absolute Gasteiger partial charge is 0.00419 e. The van der Waals surface area contributed by atoms with E-state index in [0.717, 1.165) is 13.0 Å². The molecule has 1 aliphatic rings. The molecule has 0 bridgehead atoms. The van der Waals surface area contributed by atoms with Crippen LogP contribution in [0, 0.1) is 5.92 Å². The Balaban J connectivity index is 0. The van der Waals surface area contributed by atoms with Crippen molar-refractivity contribution in [3.05, 3.63) is 0 Å². The first kappa shape index (κ1) is 15.4. The van der Waals surface area contributed by atoms with Crippen LogP contribution in [0.2, 0.25) is 0 Å². The van der Waals surface area contributed by atoms with Gasteiger partial charge in [-0.25, -0.2) is 0 Å². The summed E-state index contributed by atoms with van der Waals surface area (Å²) in [7, 11) is 0. The summed E-state index contributed by atoms with van der Waals surface area (Å²) in [4.78, 5) is 0. The Labute approximate surface area is 84.1 Å². The molecular formula is C11H28N2. The minimum absolute atomic E-state index is 0.437. The summed E-state index contributed by atoms with van der Waals surface area (Å²) in [6, 6.07) is 0.437. The highest BCUT2D eigenvalue weighted by Gasteiger charge is 2.16. The Kier molecular flexibility index (Phi) is 14.1. The predicted molar refractivity (Wildman–Crippen MR) is 61.7 cm³/mol. The van der Waals surface area contributed by atoms with E-state index >= 15 is 0 Å². The molecule has 0 aromatic carbocycles. The standard InChI is InChI=1S/C7H16N2.2C2H6/c8-5-6-2-1-3-7(9)4-6;2*1-2/h6-7H,1-5,8-9H2;2*1-2H3. The molecule has 0 amide bonds. The molecule has 2 unspecified atom stereocenters. The van der Waals surface area contributed by atoms with E-state index in [2.05, 4.69) is 0 Å². The molecule has 2 nitrogen and oxygen atoms in total. The summed E-state index contributed by atoms with van der Waals surface area (Å²) in [5, 5.41) is 0. The van der Waals surface area contributed by atoms with Gasteiger partial charge in [0.15, 0.2) is 0 Å². The van der Waals surface area contributed by atoms with Gasteiger partial charge in [0.1, 0.15) is 0 Å². The van der Waals surface area contributed by atoms with Crippen molar-refractivity contribution in [1.82, 2.24) is 0 Å². The van der Waals surface area contributed by atoms with E-state index in [9.17, 15) is 0 Å². The first-order chi connectivity index (χ1) is 6.33. The lowest BCUT2D eigenvalue weighted by molar-refractivity contribution is 0.329. The molecule has 0 radical (unpaired) electrons. The topological polar surface area (TPSA) is 52.0 Å². The number of rotatable bonds is 1. The number of nitrogens with two attached hydrogens (primary N) is 2. The maximum atomic E-state index is 5.75. The van der Waals surface area contributed by atoms with E-state index < -0.39 is 0 Å². The average Bonchev–Trinajstić information content (AvgIpc) is 2.24. The Morgan fingerprint density at radius 2 is 1.62 bits per heavy atom. The van der Waals surface area contributed by atoms with E-state index in [4.69, 9.17) is 11.5 Å². The average molecular weight is 188 g/mol. The predicted octanol–water partition coefficient (Wildman–Crippen LogP) is 2.52. The van der Waals surface area contributed by atoms with Gasteiger partial charge in [-0.2, -0.15) is 0 Å². The zero-order chi connectivity index (χ0) is 10.7. The molecule has 0 aromatic rings. The summed E-state index contributed by atoms with van der Waals surface area (Å²) in [6.07, 6.45) is 4.93. The van der Waals surface area contributed by atoms with Crippen LogP contribution in [0.3, 0.4) is 0 Å². The van der Waals surface area contributed by atoms with E-state index in [1.807, 2.05) is 27.7 Å². The molecule has 0 aromatic heterocycles. The Morgan fingerprint density at radius 1 is 1.08 bits per heavy atom. The number of hydrogen-bond donors (Lipinski definition) is 2. The van der Waals surface area contributed by atoms with Gasteiger partial charge in [0, 0.05) is 6.04 Å². The largest absolute Gasteiger partial charge is 0.330 e. The Morgan fingerprint density at radius 3 is 1.92 bits per heavy atom. The molecule has 0 heterocycles. The van der Waals surface area contributed by atoms with Gasteiger partial charge in [0.25, 0.3) is 0 Å². The van der Waals surface area contributed by atoms with Crippen molar-refractivity contribution in [3.63, 3.8) is 0 Å². The maximum Gasteiger partial charge on any atom is 0.00419 e. The van der Waals surface area contributed by atoms with Crippen LogP contribution in [0.4, 0.5) is 0 Å². The molecule has 1 saturated carbocycles. The second-order valence-electron chi connectivity index (χ2n) is 3.03. The van der Waals surface area contributed by atoms with Crippen molar-refractivity contribution in [3.8, 4) is 0 Å². The van der Waals surface area contributed by atoms with Crippen LogP contribution in [-0.4, -0.2) is 12.6 Å². The fraction of sp³-hybridized carbons (Fsp3) is 1.00. The lowest BCUT2D eigenvalue weighted by atomic mass is 9.86. The Hall–Kier alpha value is -0.0800. The lowest BCUT2D eigenvalue weighted by Gasteiger charge is -2.24. The molecule has 2 atom stereocenters. The third kappa shape index (κ3) is 8.26. The number of hydrogen-bond acceptors (Lipinski definition) is 2. The van der Waals surface area contributed by atoms with Gasteiger partial charge in [0.2, 0.25) is 0 Å². The van der Waals surface area contributed by atoms with Crippen LogP contribution in [0.5, 0.6) is 0 Å². The van der Waals surface area contributed by atoms with Gasteiger partial charge in [0.05, 0.1) is 0 Å². The van der Waals surface area contributed by atoms with Crippen LogP contribution in [0.15, 0.2) is 0 Å². The lowest BCUT2D eigenvalue weighted by Crippen LogP contribution is -2.31. The van der Waals surface area contributed by atoms with Gasteiger partial charge in [-0.3, -0.25) is 0 Å². The molecular weight excluding hydrogens is 160 g/mol. The van der Waals surface area contributed by atoms with Crippen LogP contribution in [0.25, 0.3) is 0 Å². The van der Waals surface area contributed by atoms with E-state index in [-0.39, 0.29) is 0 Å². The van der Waals surface area contributed by atoms with E-state index in [1.54, 1.807) is 0 Å². The molecule has 0 spiro atoms. The van der Waals surface area contributed by atoms with Crippen LogP contribution in [-0.2, 0) is 0 Å². The molecule has 13 heavy (non-hydrogen) atoms. The van der Waals surface area contributed by atoms with Crippen LogP contribution < -0.4 is 11.5 Å². The first-order valence-electron chi connectivity index (χ1n) is 5.78. The Bertz CT molecular complexity index is 84.2. The van der Waals surface area contributed by atoms with Crippen molar-refractivity contribution >= 4 is 0 Å². The third-order valence-electron chi connectivity index (χ3n) is 2.16. The monoisotopic (exact) mass is 188 g/mol. The van der Waals surface area contributed by atoms with Crippen LogP contribution in [0.1, 0.15) is 53.4 Å². The van der Waals surface area contributed by atoms with Gasteiger partial charge in [-0.15, -0.1) is 0 Å².